The van der Waals surface area contributed by atoms with Crippen LogP contribution in [-0.2, 0) is 13.6 Å². The van der Waals surface area contributed by atoms with Gasteiger partial charge >= 0.3 is 0 Å². The number of ether oxygens (including phenoxy) is 1. The molecule has 6 heteroatoms. The van der Waals surface area contributed by atoms with Crippen molar-refractivity contribution in [3.63, 3.8) is 0 Å². The topological polar surface area (TPSA) is 64.9 Å². The summed E-state index contributed by atoms with van der Waals surface area (Å²) in [6.45, 7) is 4.53. The molecule has 0 saturated carbocycles. The van der Waals surface area contributed by atoms with Gasteiger partial charge in [0.1, 0.15) is 0 Å². The molecule has 0 unspecified atom stereocenters. The Balaban J connectivity index is 2.10. The van der Waals surface area contributed by atoms with Gasteiger partial charge in [-0.25, -0.2) is 4.98 Å². The third-order valence-electron chi connectivity index (χ3n) is 2.59. The summed E-state index contributed by atoms with van der Waals surface area (Å²) in [6, 6.07) is 1.79. The lowest BCUT2D eigenvalue weighted by molar-refractivity contribution is 0.397. The third-order valence-corrected chi connectivity index (χ3v) is 2.59. The van der Waals surface area contributed by atoms with Crippen LogP contribution < -0.4 is 10.1 Å². The molecule has 0 fully saturated rings. The number of rotatable bonds is 4. The van der Waals surface area contributed by atoms with Gasteiger partial charge in [0, 0.05) is 37.1 Å². The second-order valence-electron chi connectivity index (χ2n) is 4.14. The molecule has 1 N–H and O–H groups in total. The van der Waals surface area contributed by atoms with Gasteiger partial charge in [-0.3, -0.25) is 4.68 Å². The van der Waals surface area contributed by atoms with Gasteiger partial charge in [0.15, 0.2) is 0 Å². The zero-order valence-electron chi connectivity index (χ0n) is 11.1. The average Bonchev–Trinajstić information content (AvgIpc) is 2.64. The molecule has 0 aromatic carbocycles. The highest BCUT2D eigenvalue weighted by Gasteiger charge is 2.05. The van der Waals surface area contributed by atoms with E-state index in [-0.39, 0.29) is 0 Å². The standard InChI is InChI=1S/C12H17N5O/c1-8-5-11(18-4)15-12(14-8)13-6-10-7-17(3)16-9(10)2/h5,7H,6H2,1-4H3,(H,13,14,15). The molecule has 0 aliphatic carbocycles. The Morgan fingerprint density at radius 3 is 2.72 bits per heavy atom. The minimum Gasteiger partial charge on any atom is -0.481 e. The molecule has 0 bridgehead atoms. The smallest absolute Gasteiger partial charge is 0.226 e. The summed E-state index contributed by atoms with van der Waals surface area (Å²) < 4.78 is 6.90. The number of aryl methyl sites for hydroxylation is 3. The van der Waals surface area contributed by atoms with Crippen LogP contribution in [0.1, 0.15) is 17.0 Å². The van der Waals surface area contributed by atoms with Crippen LogP contribution in [0.3, 0.4) is 0 Å². The summed E-state index contributed by atoms with van der Waals surface area (Å²) in [6.07, 6.45) is 1.98. The normalized spacial score (nSPS) is 10.4. The summed E-state index contributed by atoms with van der Waals surface area (Å²) in [5.74, 6) is 1.13. The first-order valence-corrected chi connectivity index (χ1v) is 5.71. The van der Waals surface area contributed by atoms with Crippen LogP contribution in [-0.4, -0.2) is 26.9 Å². The van der Waals surface area contributed by atoms with Crippen molar-refractivity contribution in [1.29, 1.82) is 0 Å². The molecule has 18 heavy (non-hydrogen) atoms. The Labute approximate surface area is 106 Å². The number of hydrogen-bond donors (Lipinski definition) is 1. The monoisotopic (exact) mass is 247 g/mol. The number of nitrogens with zero attached hydrogens (tertiary/aromatic N) is 4. The molecular formula is C12H17N5O. The molecule has 96 valence electrons. The maximum absolute atomic E-state index is 5.11. The van der Waals surface area contributed by atoms with E-state index in [9.17, 15) is 0 Å². The molecule has 0 aliphatic heterocycles. The Hall–Kier alpha value is -2.11. The van der Waals surface area contributed by atoms with E-state index in [2.05, 4.69) is 20.4 Å². The van der Waals surface area contributed by atoms with Crippen molar-refractivity contribution in [3.8, 4) is 5.88 Å². The van der Waals surface area contributed by atoms with E-state index in [0.717, 1.165) is 17.0 Å². The molecule has 2 rings (SSSR count). The van der Waals surface area contributed by atoms with Crippen LogP contribution in [0.2, 0.25) is 0 Å². The highest BCUT2D eigenvalue weighted by molar-refractivity contribution is 5.32. The molecule has 2 heterocycles. The summed E-state index contributed by atoms with van der Waals surface area (Å²) >= 11 is 0. The van der Waals surface area contributed by atoms with Gasteiger partial charge in [-0.05, 0) is 13.8 Å². The van der Waals surface area contributed by atoms with E-state index < -0.39 is 0 Å². The molecule has 0 saturated heterocycles. The first kappa shape index (κ1) is 12.3. The number of methoxy groups -OCH3 is 1. The van der Waals surface area contributed by atoms with Crippen LogP contribution in [0.25, 0.3) is 0 Å². The van der Waals surface area contributed by atoms with E-state index in [1.165, 1.54) is 0 Å². The lowest BCUT2D eigenvalue weighted by Crippen LogP contribution is -2.05. The average molecular weight is 247 g/mol. The predicted octanol–water partition coefficient (Wildman–Crippen LogP) is 1.45. The SMILES string of the molecule is COc1cc(C)nc(NCc2cn(C)nc2C)n1. The van der Waals surface area contributed by atoms with Gasteiger partial charge < -0.3 is 10.1 Å². The molecule has 0 aliphatic rings. The highest BCUT2D eigenvalue weighted by atomic mass is 16.5. The minimum absolute atomic E-state index is 0.563. The van der Waals surface area contributed by atoms with E-state index >= 15 is 0 Å². The largest absolute Gasteiger partial charge is 0.481 e. The zero-order chi connectivity index (χ0) is 13.1. The van der Waals surface area contributed by atoms with Crippen molar-refractivity contribution in [2.45, 2.75) is 20.4 Å². The van der Waals surface area contributed by atoms with E-state index in [0.29, 0.717) is 18.4 Å². The lowest BCUT2D eigenvalue weighted by Gasteiger charge is -2.06. The number of anilines is 1. The molecule has 2 aromatic heterocycles. The summed E-state index contributed by atoms with van der Waals surface area (Å²) in [5.41, 5.74) is 3.00. The first-order valence-electron chi connectivity index (χ1n) is 5.71. The van der Waals surface area contributed by atoms with Crippen LogP contribution in [0.15, 0.2) is 12.3 Å². The molecule has 0 spiro atoms. The maximum Gasteiger partial charge on any atom is 0.226 e. The minimum atomic E-state index is 0.563. The van der Waals surface area contributed by atoms with Gasteiger partial charge in [0.2, 0.25) is 11.8 Å². The summed E-state index contributed by atoms with van der Waals surface area (Å²) in [7, 11) is 3.50. The van der Waals surface area contributed by atoms with Crippen molar-refractivity contribution >= 4 is 5.95 Å². The fourth-order valence-corrected chi connectivity index (χ4v) is 1.72. The second kappa shape index (κ2) is 5.03. The number of nitrogens with one attached hydrogen (secondary N) is 1. The predicted molar refractivity (Wildman–Crippen MR) is 68.6 cm³/mol. The Bertz CT molecular complexity index is 549. The Kier molecular flexibility index (Phi) is 3.45. The molecule has 0 atom stereocenters. The van der Waals surface area contributed by atoms with Crippen LogP contribution in [0, 0.1) is 13.8 Å². The fourth-order valence-electron chi connectivity index (χ4n) is 1.72. The Morgan fingerprint density at radius 1 is 1.33 bits per heavy atom. The number of hydrogen-bond acceptors (Lipinski definition) is 5. The quantitative estimate of drug-likeness (QED) is 0.885. The van der Waals surface area contributed by atoms with Crippen LogP contribution in [0.4, 0.5) is 5.95 Å². The maximum atomic E-state index is 5.11. The first-order chi connectivity index (χ1) is 8.58. The number of aromatic nitrogens is 4. The molecule has 0 radical (unpaired) electrons. The molecule has 6 nitrogen and oxygen atoms in total. The van der Waals surface area contributed by atoms with Crippen LogP contribution in [0.5, 0.6) is 5.88 Å². The summed E-state index contributed by atoms with van der Waals surface area (Å²) in [5, 5.41) is 7.46. The zero-order valence-corrected chi connectivity index (χ0v) is 11.1. The lowest BCUT2D eigenvalue weighted by atomic mass is 10.3. The van der Waals surface area contributed by atoms with Crippen molar-refractivity contribution in [1.82, 2.24) is 19.7 Å². The second-order valence-corrected chi connectivity index (χ2v) is 4.14. The molecular weight excluding hydrogens is 230 g/mol. The van der Waals surface area contributed by atoms with Crippen molar-refractivity contribution in [2.24, 2.45) is 7.05 Å². The van der Waals surface area contributed by atoms with E-state index in [1.54, 1.807) is 17.9 Å². The van der Waals surface area contributed by atoms with Gasteiger partial charge in [0.05, 0.1) is 12.8 Å². The molecule has 0 amide bonds. The molecule has 2 aromatic rings. The van der Waals surface area contributed by atoms with Gasteiger partial charge in [-0.1, -0.05) is 0 Å². The summed E-state index contributed by atoms with van der Waals surface area (Å²) in [4.78, 5) is 8.54. The van der Waals surface area contributed by atoms with Gasteiger partial charge in [-0.15, -0.1) is 0 Å². The van der Waals surface area contributed by atoms with E-state index in [1.807, 2.05) is 27.1 Å². The van der Waals surface area contributed by atoms with Crippen molar-refractivity contribution in [3.05, 3.63) is 29.2 Å². The van der Waals surface area contributed by atoms with Crippen molar-refractivity contribution < 1.29 is 4.74 Å². The highest BCUT2D eigenvalue weighted by Crippen LogP contribution is 2.13. The third kappa shape index (κ3) is 2.77. The van der Waals surface area contributed by atoms with Crippen LogP contribution >= 0.6 is 0 Å². The fraction of sp³-hybridized carbons (Fsp3) is 0.417. The van der Waals surface area contributed by atoms with Crippen molar-refractivity contribution in [2.75, 3.05) is 12.4 Å². The van der Waals surface area contributed by atoms with Gasteiger partial charge in [-0.2, -0.15) is 10.1 Å². The van der Waals surface area contributed by atoms with E-state index in [4.69, 9.17) is 4.74 Å². The Morgan fingerprint density at radius 2 is 2.11 bits per heavy atom. The van der Waals surface area contributed by atoms with Gasteiger partial charge in [0.25, 0.3) is 0 Å².